The number of nitriles is 1. The molecular weight excluding hydrogens is 544 g/mol. The Bertz CT molecular complexity index is 1190. The van der Waals surface area contributed by atoms with Crippen LogP contribution in [0.15, 0.2) is 52.1 Å². The van der Waals surface area contributed by atoms with Gasteiger partial charge >= 0.3 is 12.4 Å². The van der Waals surface area contributed by atoms with Gasteiger partial charge in [0.25, 0.3) is 5.60 Å². The van der Waals surface area contributed by atoms with Crippen LogP contribution in [-0.4, -0.2) is 29.2 Å². The summed E-state index contributed by atoms with van der Waals surface area (Å²) in [6, 6.07) is 9.55. The summed E-state index contributed by atoms with van der Waals surface area (Å²) in [6.45, 7) is 2.87. The molecule has 0 aromatic heterocycles. The Morgan fingerprint density at radius 1 is 1.20 bits per heavy atom. The molecule has 1 amide bonds. The molecule has 186 valence electrons. The second-order valence-electron chi connectivity index (χ2n) is 7.96. The number of rotatable bonds is 5. The minimum absolute atomic E-state index is 0.101. The lowest BCUT2D eigenvalue weighted by Gasteiger charge is -2.30. The van der Waals surface area contributed by atoms with Gasteiger partial charge in [0.15, 0.2) is 0 Å². The van der Waals surface area contributed by atoms with Crippen molar-refractivity contribution in [3.05, 3.63) is 69.2 Å². The van der Waals surface area contributed by atoms with Crippen molar-refractivity contribution in [3.8, 4) is 6.07 Å². The Hall–Kier alpha value is -3.07. The number of oxime groups is 1. The molecule has 1 heterocycles. The first kappa shape index (κ1) is 26.5. The van der Waals surface area contributed by atoms with Crippen molar-refractivity contribution in [2.45, 2.75) is 44.3 Å². The summed E-state index contributed by atoms with van der Waals surface area (Å²) < 4.78 is 82.1. The van der Waals surface area contributed by atoms with Gasteiger partial charge in [-0.25, -0.2) is 0 Å². The van der Waals surface area contributed by atoms with E-state index < -0.39 is 41.5 Å². The highest BCUT2D eigenvalue weighted by molar-refractivity contribution is 9.10. The van der Waals surface area contributed by atoms with Crippen LogP contribution in [0.5, 0.6) is 0 Å². The van der Waals surface area contributed by atoms with E-state index in [2.05, 4.69) is 21.1 Å². The quantitative estimate of drug-likeness (QED) is 0.310. The zero-order valence-corrected chi connectivity index (χ0v) is 19.9. The molecule has 2 atom stereocenters. The Morgan fingerprint density at radius 3 is 2.34 bits per heavy atom. The third kappa shape index (κ3) is 5.29. The van der Waals surface area contributed by atoms with E-state index in [-0.39, 0.29) is 28.2 Å². The van der Waals surface area contributed by atoms with Crippen LogP contribution in [-0.2, 0) is 21.4 Å². The smallest absolute Gasteiger partial charge is 0.374 e. The van der Waals surface area contributed by atoms with Gasteiger partial charge in [0.05, 0.1) is 23.4 Å². The number of benzene rings is 2. The number of hydrogen-bond donors (Lipinski definition) is 0. The SMILES string of the molecule is CC(=O)N(CC#N)C(C)c1ccc(C2=NOC(c3cc(Br)cc(C(F)(F)F)c3)(C(F)(F)F)C2)cc1. The normalized spacial score (nSPS) is 18.9. The Kier molecular flexibility index (Phi) is 7.22. The van der Waals surface area contributed by atoms with Gasteiger partial charge in [-0.3, -0.25) is 4.79 Å². The number of amides is 1. The highest BCUT2D eigenvalue weighted by Crippen LogP contribution is 2.50. The average molecular weight is 562 g/mol. The summed E-state index contributed by atoms with van der Waals surface area (Å²) in [7, 11) is 0. The lowest BCUT2D eigenvalue weighted by Crippen LogP contribution is -2.43. The minimum atomic E-state index is -5.07. The molecule has 0 aliphatic carbocycles. The van der Waals surface area contributed by atoms with Crippen LogP contribution in [0.3, 0.4) is 0 Å². The Labute approximate surface area is 205 Å². The Morgan fingerprint density at radius 2 is 1.83 bits per heavy atom. The van der Waals surface area contributed by atoms with Gasteiger partial charge in [0, 0.05) is 23.4 Å². The van der Waals surface area contributed by atoms with Crippen molar-refractivity contribution in [3.63, 3.8) is 0 Å². The van der Waals surface area contributed by atoms with E-state index in [1.165, 1.54) is 24.0 Å². The van der Waals surface area contributed by atoms with Gasteiger partial charge in [-0.2, -0.15) is 31.6 Å². The molecule has 5 nitrogen and oxygen atoms in total. The van der Waals surface area contributed by atoms with Crippen LogP contribution in [0.2, 0.25) is 0 Å². The molecule has 2 aromatic rings. The fourth-order valence-corrected chi connectivity index (χ4v) is 4.27. The highest BCUT2D eigenvalue weighted by Gasteiger charge is 2.62. The molecule has 3 rings (SSSR count). The number of nitrogens with zero attached hydrogens (tertiary/aromatic N) is 3. The lowest BCUT2D eigenvalue weighted by molar-refractivity contribution is -0.276. The first-order valence-corrected chi connectivity index (χ1v) is 10.9. The third-order valence-electron chi connectivity index (χ3n) is 5.72. The van der Waals surface area contributed by atoms with E-state index in [1.807, 2.05) is 6.07 Å². The number of carbonyl (C=O) groups is 1. The zero-order valence-electron chi connectivity index (χ0n) is 18.3. The molecule has 0 N–H and O–H groups in total. The van der Waals surface area contributed by atoms with Crippen LogP contribution < -0.4 is 0 Å². The topological polar surface area (TPSA) is 65.7 Å². The monoisotopic (exact) mass is 561 g/mol. The Balaban J connectivity index is 1.94. The first-order chi connectivity index (χ1) is 16.2. The molecule has 12 heteroatoms. The van der Waals surface area contributed by atoms with E-state index >= 15 is 0 Å². The molecule has 0 saturated heterocycles. The van der Waals surface area contributed by atoms with Crippen LogP contribution in [0.25, 0.3) is 0 Å². The van der Waals surface area contributed by atoms with Crippen molar-refractivity contribution in [1.82, 2.24) is 4.90 Å². The summed E-state index contributed by atoms with van der Waals surface area (Å²) in [5.41, 5.74) is -4.29. The lowest BCUT2D eigenvalue weighted by atomic mass is 9.85. The minimum Gasteiger partial charge on any atom is -0.374 e. The number of carbonyl (C=O) groups excluding carboxylic acids is 1. The third-order valence-corrected chi connectivity index (χ3v) is 6.17. The van der Waals surface area contributed by atoms with Gasteiger partial charge in [-0.1, -0.05) is 45.4 Å². The highest BCUT2D eigenvalue weighted by atomic mass is 79.9. The van der Waals surface area contributed by atoms with E-state index in [4.69, 9.17) is 10.1 Å². The van der Waals surface area contributed by atoms with Gasteiger partial charge in [0.1, 0.15) is 6.54 Å². The van der Waals surface area contributed by atoms with Gasteiger partial charge in [-0.05, 0) is 36.2 Å². The summed E-state index contributed by atoms with van der Waals surface area (Å²) in [6.07, 6.45) is -10.8. The van der Waals surface area contributed by atoms with Crippen molar-refractivity contribution < 1.29 is 36.0 Å². The van der Waals surface area contributed by atoms with E-state index in [9.17, 15) is 31.1 Å². The van der Waals surface area contributed by atoms with E-state index in [0.717, 1.165) is 6.07 Å². The van der Waals surface area contributed by atoms with Crippen molar-refractivity contribution in [2.24, 2.45) is 5.16 Å². The second kappa shape index (κ2) is 9.53. The maximum Gasteiger partial charge on any atom is 0.435 e. The van der Waals surface area contributed by atoms with Crippen molar-refractivity contribution in [1.29, 1.82) is 5.26 Å². The fraction of sp³-hybridized carbons (Fsp3) is 0.348. The van der Waals surface area contributed by atoms with Gasteiger partial charge in [0.2, 0.25) is 5.91 Å². The first-order valence-electron chi connectivity index (χ1n) is 10.1. The summed E-state index contributed by atoms with van der Waals surface area (Å²) >= 11 is 2.85. The predicted molar refractivity (Wildman–Crippen MR) is 117 cm³/mol. The molecule has 0 saturated carbocycles. The number of alkyl halides is 6. The second-order valence-corrected chi connectivity index (χ2v) is 8.88. The maximum absolute atomic E-state index is 14.2. The van der Waals surface area contributed by atoms with E-state index in [1.54, 1.807) is 19.1 Å². The molecule has 2 unspecified atom stereocenters. The van der Waals surface area contributed by atoms with Crippen molar-refractivity contribution in [2.75, 3.05) is 6.54 Å². The molecule has 0 radical (unpaired) electrons. The summed E-state index contributed by atoms with van der Waals surface area (Å²) in [5.74, 6) is -0.320. The summed E-state index contributed by atoms with van der Waals surface area (Å²) in [4.78, 5) is 18.0. The molecular formula is C23H18BrF6N3O2. The largest absolute Gasteiger partial charge is 0.435 e. The molecule has 1 aliphatic rings. The van der Waals surface area contributed by atoms with E-state index in [0.29, 0.717) is 17.7 Å². The molecule has 35 heavy (non-hydrogen) atoms. The molecule has 2 aromatic carbocycles. The van der Waals surface area contributed by atoms with Crippen LogP contribution >= 0.6 is 15.9 Å². The zero-order chi connectivity index (χ0) is 26.2. The molecule has 0 fully saturated rings. The summed E-state index contributed by atoms with van der Waals surface area (Å²) in [5, 5.41) is 12.5. The van der Waals surface area contributed by atoms with Gasteiger partial charge < -0.3 is 9.74 Å². The molecule has 0 bridgehead atoms. The standard InChI is InChI=1S/C23H18BrF6N3O2/c1-13(33(8-7-31)14(2)34)15-3-5-16(6-4-15)20-12-21(35-32-20,23(28,29)30)17-9-18(22(25,26)27)11-19(24)10-17/h3-6,9-11,13H,8,12H2,1-2H3. The predicted octanol–water partition coefficient (Wildman–Crippen LogP) is 6.48. The van der Waals surface area contributed by atoms with Crippen LogP contribution in [0, 0.1) is 11.3 Å². The number of hydrogen-bond acceptors (Lipinski definition) is 4. The maximum atomic E-state index is 14.2. The van der Waals surface area contributed by atoms with Crippen LogP contribution in [0.4, 0.5) is 26.3 Å². The number of halogens is 7. The molecule has 0 spiro atoms. The average Bonchev–Trinajstić information content (AvgIpc) is 3.23. The van der Waals surface area contributed by atoms with Crippen molar-refractivity contribution >= 4 is 27.5 Å². The van der Waals surface area contributed by atoms with Gasteiger partial charge in [-0.15, -0.1) is 0 Å². The van der Waals surface area contributed by atoms with Crippen LogP contribution in [0.1, 0.15) is 48.6 Å². The molecule has 1 aliphatic heterocycles. The fourth-order valence-electron chi connectivity index (χ4n) is 3.78.